The first-order valence-corrected chi connectivity index (χ1v) is 10.2. The van der Waals surface area contributed by atoms with Gasteiger partial charge >= 0.3 is 6.18 Å². The van der Waals surface area contributed by atoms with Crippen LogP contribution in [0.2, 0.25) is 0 Å². The third-order valence-corrected chi connectivity index (χ3v) is 5.12. The van der Waals surface area contributed by atoms with E-state index < -0.39 is 11.7 Å². The van der Waals surface area contributed by atoms with Gasteiger partial charge in [-0.3, -0.25) is 9.59 Å². The van der Waals surface area contributed by atoms with E-state index in [1.165, 1.54) is 23.5 Å². The van der Waals surface area contributed by atoms with Gasteiger partial charge in [0, 0.05) is 12.1 Å². The van der Waals surface area contributed by atoms with E-state index >= 15 is 0 Å². The fourth-order valence-corrected chi connectivity index (χ4v) is 3.27. The van der Waals surface area contributed by atoms with Crippen molar-refractivity contribution in [1.82, 2.24) is 10.6 Å². The van der Waals surface area contributed by atoms with Crippen LogP contribution in [0.4, 0.5) is 13.2 Å². The Morgan fingerprint density at radius 3 is 2.23 bits per heavy atom. The second-order valence-electron chi connectivity index (χ2n) is 6.48. The molecule has 162 valence electrons. The van der Waals surface area contributed by atoms with E-state index in [1.54, 1.807) is 30.3 Å². The monoisotopic (exact) mass is 448 g/mol. The molecule has 0 unspecified atom stereocenters. The molecule has 0 aliphatic rings. The first-order valence-electron chi connectivity index (χ1n) is 9.32. The Balaban J connectivity index is 1.40. The smallest absolute Gasteiger partial charge is 0.416 e. The average Bonchev–Trinajstić information content (AvgIpc) is 3.30. The van der Waals surface area contributed by atoms with Gasteiger partial charge in [0.25, 0.3) is 11.8 Å². The molecule has 5 nitrogen and oxygen atoms in total. The molecule has 0 bridgehead atoms. The van der Waals surface area contributed by atoms with Crippen LogP contribution in [0, 0.1) is 0 Å². The standard InChI is InChI=1S/C22H19F3N2O3S/c23-22(24,25)17-7-9-18(10-8-17)30-12-11-26-20(28)16-5-3-15(4-6-16)14-27-21(29)19-2-1-13-31-19/h1-10,13H,11-12,14H2,(H,26,28)(H,27,29). The highest BCUT2D eigenvalue weighted by atomic mass is 32.1. The van der Waals surface area contributed by atoms with Crippen LogP contribution >= 0.6 is 11.3 Å². The van der Waals surface area contributed by atoms with Crippen LogP contribution in [0.25, 0.3) is 0 Å². The normalized spacial score (nSPS) is 11.1. The molecule has 2 amide bonds. The Morgan fingerprint density at radius 1 is 0.903 bits per heavy atom. The molecule has 3 rings (SSSR count). The summed E-state index contributed by atoms with van der Waals surface area (Å²) in [6, 6.07) is 14.7. The molecule has 3 aromatic rings. The highest BCUT2D eigenvalue weighted by Gasteiger charge is 2.30. The fraction of sp³-hybridized carbons (Fsp3) is 0.182. The number of thiophene rings is 1. The number of rotatable bonds is 8. The predicted octanol–water partition coefficient (Wildman–Crippen LogP) is 4.51. The highest BCUT2D eigenvalue weighted by Crippen LogP contribution is 2.30. The van der Waals surface area contributed by atoms with Gasteiger partial charge in [0.15, 0.2) is 0 Å². The molecule has 9 heteroatoms. The number of halogens is 3. The number of amides is 2. The average molecular weight is 448 g/mol. The maximum absolute atomic E-state index is 12.5. The molecule has 0 atom stereocenters. The van der Waals surface area contributed by atoms with E-state index in [-0.39, 0.29) is 30.7 Å². The molecule has 0 saturated heterocycles. The van der Waals surface area contributed by atoms with E-state index in [0.717, 1.165) is 17.7 Å². The number of nitrogens with one attached hydrogen (secondary N) is 2. The Bertz CT molecular complexity index is 1000. The third kappa shape index (κ3) is 6.58. The van der Waals surface area contributed by atoms with Gasteiger partial charge in [0.05, 0.1) is 17.0 Å². The van der Waals surface area contributed by atoms with E-state index in [1.807, 2.05) is 11.4 Å². The largest absolute Gasteiger partial charge is 0.492 e. The van der Waals surface area contributed by atoms with E-state index in [9.17, 15) is 22.8 Å². The summed E-state index contributed by atoms with van der Waals surface area (Å²) in [6.45, 7) is 0.655. The second kappa shape index (κ2) is 10.1. The number of benzene rings is 2. The zero-order chi connectivity index (χ0) is 22.3. The first kappa shape index (κ1) is 22.4. The fourth-order valence-electron chi connectivity index (χ4n) is 2.63. The van der Waals surface area contributed by atoms with Crippen LogP contribution in [0.15, 0.2) is 66.0 Å². The lowest BCUT2D eigenvalue weighted by Crippen LogP contribution is -2.28. The van der Waals surface area contributed by atoms with Crippen molar-refractivity contribution in [2.75, 3.05) is 13.2 Å². The Labute approximate surface area is 180 Å². The van der Waals surface area contributed by atoms with Gasteiger partial charge in [-0.05, 0) is 53.4 Å². The molecule has 1 aromatic heterocycles. The minimum atomic E-state index is -4.39. The van der Waals surface area contributed by atoms with Crippen LogP contribution in [0.1, 0.15) is 31.2 Å². The third-order valence-electron chi connectivity index (χ3n) is 4.25. The summed E-state index contributed by atoms with van der Waals surface area (Å²) in [6.07, 6.45) is -4.39. The number of carbonyl (C=O) groups is 2. The van der Waals surface area contributed by atoms with Crippen molar-refractivity contribution < 1.29 is 27.5 Å². The lowest BCUT2D eigenvalue weighted by Gasteiger charge is -2.10. The highest BCUT2D eigenvalue weighted by molar-refractivity contribution is 7.12. The summed E-state index contributed by atoms with van der Waals surface area (Å²) in [5.74, 6) is -0.161. The summed E-state index contributed by atoms with van der Waals surface area (Å²) in [5.41, 5.74) is 0.553. The van der Waals surface area contributed by atoms with Gasteiger partial charge < -0.3 is 15.4 Å². The molecule has 0 aliphatic heterocycles. The predicted molar refractivity (Wildman–Crippen MR) is 111 cm³/mol. The molecule has 0 radical (unpaired) electrons. The molecule has 0 fully saturated rings. The van der Waals surface area contributed by atoms with Crippen molar-refractivity contribution in [3.63, 3.8) is 0 Å². The summed E-state index contributed by atoms with van der Waals surface area (Å²) in [4.78, 5) is 24.8. The molecule has 1 heterocycles. The van der Waals surface area contributed by atoms with Gasteiger partial charge in [-0.2, -0.15) is 13.2 Å². The maximum atomic E-state index is 12.5. The van der Waals surface area contributed by atoms with Crippen molar-refractivity contribution in [3.8, 4) is 5.75 Å². The summed E-state index contributed by atoms with van der Waals surface area (Å²) >= 11 is 1.36. The number of carbonyl (C=O) groups excluding carboxylic acids is 2. The minimum absolute atomic E-state index is 0.115. The molecule has 31 heavy (non-hydrogen) atoms. The van der Waals surface area contributed by atoms with Crippen molar-refractivity contribution in [2.45, 2.75) is 12.7 Å². The summed E-state index contributed by atoms with van der Waals surface area (Å²) in [5, 5.41) is 7.32. The van der Waals surface area contributed by atoms with E-state index in [0.29, 0.717) is 17.0 Å². The van der Waals surface area contributed by atoms with Crippen molar-refractivity contribution in [3.05, 3.63) is 87.6 Å². The lowest BCUT2D eigenvalue weighted by atomic mass is 10.1. The Morgan fingerprint density at radius 2 is 1.61 bits per heavy atom. The second-order valence-corrected chi connectivity index (χ2v) is 7.43. The van der Waals surface area contributed by atoms with Gasteiger partial charge in [-0.1, -0.05) is 18.2 Å². The number of alkyl halides is 3. The van der Waals surface area contributed by atoms with Crippen LogP contribution < -0.4 is 15.4 Å². The molecular weight excluding hydrogens is 429 g/mol. The molecular formula is C22H19F3N2O3S. The first-order chi connectivity index (χ1) is 14.8. The van der Waals surface area contributed by atoms with Crippen molar-refractivity contribution in [1.29, 1.82) is 0 Å². The molecule has 0 aliphatic carbocycles. The zero-order valence-electron chi connectivity index (χ0n) is 16.2. The Kier molecular flexibility index (Phi) is 7.30. The topological polar surface area (TPSA) is 67.4 Å². The maximum Gasteiger partial charge on any atom is 0.416 e. The van der Waals surface area contributed by atoms with Crippen LogP contribution in [-0.4, -0.2) is 25.0 Å². The lowest BCUT2D eigenvalue weighted by molar-refractivity contribution is -0.137. The van der Waals surface area contributed by atoms with Gasteiger partial charge in [-0.25, -0.2) is 0 Å². The number of hydrogen-bond acceptors (Lipinski definition) is 4. The molecule has 0 spiro atoms. The van der Waals surface area contributed by atoms with Crippen LogP contribution in [0.5, 0.6) is 5.75 Å². The van der Waals surface area contributed by atoms with Crippen molar-refractivity contribution >= 4 is 23.2 Å². The molecule has 0 saturated carbocycles. The zero-order valence-corrected chi connectivity index (χ0v) is 17.1. The van der Waals surface area contributed by atoms with E-state index in [4.69, 9.17) is 4.74 Å². The van der Waals surface area contributed by atoms with Gasteiger partial charge in [0.2, 0.25) is 0 Å². The van der Waals surface area contributed by atoms with Crippen LogP contribution in [-0.2, 0) is 12.7 Å². The number of hydrogen-bond donors (Lipinski definition) is 2. The van der Waals surface area contributed by atoms with Gasteiger partial charge in [-0.15, -0.1) is 11.3 Å². The minimum Gasteiger partial charge on any atom is -0.492 e. The number of ether oxygens (including phenoxy) is 1. The van der Waals surface area contributed by atoms with Gasteiger partial charge in [0.1, 0.15) is 12.4 Å². The molecule has 2 aromatic carbocycles. The van der Waals surface area contributed by atoms with E-state index in [2.05, 4.69) is 10.6 Å². The Hall–Kier alpha value is -3.33. The summed E-state index contributed by atoms with van der Waals surface area (Å²) < 4.78 is 42.9. The van der Waals surface area contributed by atoms with Crippen molar-refractivity contribution in [2.24, 2.45) is 0 Å². The van der Waals surface area contributed by atoms with Crippen LogP contribution in [0.3, 0.4) is 0 Å². The quantitative estimate of drug-likeness (QED) is 0.499. The SMILES string of the molecule is O=C(NCCOc1ccc(C(F)(F)F)cc1)c1ccc(CNC(=O)c2cccs2)cc1. The molecule has 2 N–H and O–H groups in total. The summed E-state index contributed by atoms with van der Waals surface area (Å²) in [7, 11) is 0.